The molecule has 0 saturated carbocycles. The van der Waals surface area contributed by atoms with Crippen molar-refractivity contribution in [2.45, 2.75) is 123 Å². The van der Waals surface area contributed by atoms with Crippen LogP contribution in [-0.2, 0) is 54.8 Å². The van der Waals surface area contributed by atoms with Gasteiger partial charge in [0.25, 0.3) is 0 Å². The third-order valence-electron chi connectivity index (χ3n) is 23.0. The highest BCUT2D eigenvalue weighted by atomic mass is 16.3. The summed E-state index contributed by atoms with van der Waals surface area (Å²) in [6.07, 6.45) is 4.53. The minimum atomic E-state index is -0.832. The van der Waals surface area contributed by atoms with Gasteiger partial charge in [-0.1, -0.05) is 278 Å². The summed E-state index contributed by atoms with van der Waals surface area (Å²) in [5, 5.41) is 146. The highest BCUT2D eigenvalue weighted by Crippen LogP contribution is 2.50. The van der Waals surface area contributed by atoms with Crippen LogP contribution in [0.4, 0.5) is 0 Å². The van der Waals surface area contributed by atoms with Crippen molar-refractivity contribution in [1.82, 2.24) is 0 Å². The average molecular weight is 1740 g/mol. The molecule has 16 rings (SSSR count). The molecule has 0 atom stereocenters. The van der Waals surface area contributed by atoms with Crippen LogP contribution >= 0.6 is 0 Å². The second-order valence-corrected chi connectivity index (χ2v) is 31.6. The molecule has 16 aromatic carbocycles. The van der Waals surface area contributed by atoms with E-state index in [2.05, 4.69) is 117 Å². The second kappa shape index (κ2) is 47.7. The zero-order valence-electron chi connectivity index (χ0n) is 74.9. The Kier molecular flexibility index (Phi) is 36.1. The fourth-order valence-electron chi connectivity index (χ4n) is 15.4. The van der Waals surface area contributed by atoms with E-state index in [1.165, 1.54) is 0 Å². The Labute approximate surface area is 763 Å². The molecule has 0 amide bonds. The number of phenols is 15. The minimum absolute atomic E-state index is 0.0661. The Morgan fingerprint density at radius 2 is 0.285 bits per heavy atom. The molecule has 668 valence electrons. The predicted molar refractivity (Wildman–Crippen MR) is 522 cm³/mol. The molecular formula is C115H118O15. The van der Waals surface area contributed by atoms with E-state index in [1.54, 1.807) is 218 Å². The summed E-state index contributed by atoms with van der Waals surface area (Å²) in [5.74, 6) is 3.90. The van der Waals surface area contributed by atoms with Crippen molar-refractivity contribution in [3.05, 3.63) is 482 Å². The fraction of sp³-hybridized carbons (Fsp3) is 0.165. The molecule has 15 N–H and O–H groups in total. The standard InChI is InChI=1S/C48H42O6.C31H40O3.6C6H6O/c1-46(31-4-16-40(49)17-5-31,32-6-18-41(50)19-7-32)37-28-38(47(2,33-8-20-42(51)21-9-33)34-10-22-43(52)23-11-34)30-39(29-37)48(3,35-12-24-44(53)25-13-35)36-14-26-45(54)27-15-36;1-7-19-13-25(14-20(8-2)29(19)32)28(26-15-21(9-3)30(33)22(10-4)16-26)27-17-23(11-5)31(34)24(12-6)18-27;6*7-6-4-2-1-3-5-6/h4-30,49-54H,1-3H3;13-18,28,32-34H,7-12H2,1-6H3;6*1-5,7H. The first kappa shape index (κ1) is 98.3. The van der Waals surface area contributed by atoms with E-state index < -0.39 is 16.2 Å². The predicted octanol–water partition coefficient (Wildman–Crippen LogP) is 25.7. The molecule has 15 nitrogen and oxygen atoms in total. The maximum absolute atomic E-state index is 10.8. The van der Waals surface area contributed by atoms with E-state index in [9.17, 15) is 46.0 Å². The average Bonchev–Trinajstić information content (AvgIpc) is 0.721. The summed E-state index contributed by atoms with van der Waals surface area (Å²) in [6, 6.07) is 115. The number of rotatable bonds is 18. The number of aryl methyl sites for hydroxylation is 6. The third-order valence-corrected chi connectivity index (χ3v) is 23.0. The van der Waals surface area contributed by atoms with Gasteiger partial charge in [0, 0.05) is 22.2 Å². The minimum Gasteiger partial charge on any atom is -0.508 e. The Hall–Kier alpha value is -15.5. The van der Waals surface area contributed by atoms with Crippen LogP contribution in [-0.4, -0.2) is 76.6 Å². The Balaban J connectivity index is 0.000000208. The van der Waals surface area contributed by atoms with E-state index in [0.29, 0.717) is 51.7 Å². The van der Waals surface area contributed by atoms with Gasteiger partial charge in [0.2, 0.25) is 0 Å². The van der Waals surface area contributed by atoms with Gasteiger partial charge in [-0.25, -0.2) is 0 Å². The van der Waals surface area contributed by atoms with Crippen LogP contribution < -0.4 is 0 Å². The molecule has 16 aromatic rings. The monoisotopic (exact) mass is 1740 g/mol. The van der Waals surface area contributed by atoms with Crippen LogP contribution in [0.1, 0.15) is 168 Å². The first-order valence-electron chi connectivity index (χ1n) is 43.4. The lowest BCUT2D eigenvalue weighted by Gasteiger charge is -2.39. The van der Waals surface area contributed by atoms with Crippen molar-refractivity contribution in [2.75, 3.05) is 0 Å². The lowest BCUT2D eigenvalue weighted by atomic mass is 9.63. The Bertz CT molecular complexity index is 5150. The van der Waals surface area contributed by atoms with Crippen LogP contribution in [0.3, 0.4) is 0 Å². The molecule has 0 bridgehead atoms. The Morgan fingerprint density at radius 3 is 0.392 bits per heavy atom. The summed E-state index contributed by atoms with van der Waals surface area (Å²) in [7, 11) is 0. The molecule has 0 aliphatic heterocycles. The number of para-hydroxylation sites is 6. The van der Waals surface area contributed by atoms with Crippen molar-refractivity contribution < 1.29 is 76.6 Å². The Morgan fingerprint density at radius 1 is 0.162 bits per heavy atom. The van der Waals surface area contributed by atoms with Crippen molar-refractivity contribution in [2.24, 2.45) is 0 Å². The normalized spacial score (nSPS) is 10.8. The smallest absolute Gasteiger partial charge is 0.121 e. The maximum atomic E-state index is 10.8. The quantitative estimate of drug-likeness (QED) is 0.0355. The van der Waals surface area contributed by atoms with Crippen molar-refractivity contribution >= 4 is 0 Å². The van der Waals surface area contributed by atoms with Gasteiger partial charge in [-0.3, -0.25) is 0 Å². The molecule has 130 heavy (non-hydrogen) atoms. The lowest BCUT2D eigenvalue weighted by molar-refractivity contribution is 0.461. The van der Waals surface area contributed by atoms with Gasteiger partial charge in [-0.05, 0) is 305 Å². The molecule has 0 fully saturated rings. The number of aromatic hydroxyl groups is 15. The van der Waals surface area contributed by atoms with Crippen LogP contribution in [0.25, 0.3) is 0 Å². The van der Waals surface area contributed by atoms with Gasteiger partial charge in [-0.15, -0.1) is 0 Å². The summed E-state index contributed by atoms with van der Waals surface area (Å²) >= 11 is 0. The number of hydrogen-bond acceptors (Lipinski definition) is 15. The first-order chi connectivity index (χ1) is 62.5. The zero-order chi connectivity index (χ0) is 93.9. The number of phenolic OH excluding ortho intramolecular Hbond substituents is 15. The number of hydrogen-bond donors (Lipinski definition) is 15. The summed E-state index contributed by atoms with van der Waals surface area (Å²) < 4.78 is 0. The second-order valence-electron chi connectivity index (χ2n) is 31.6. The topological polar surface area (TPSA) is 303 Å². The molecule has 0 saturated heterocycles. The molecule has 0 aliphatic rings. The summed E-state index contributed by atoms with van der Waals surface area (Å²) in [5.41, 5.74) is 14.8. The summed E-state index contributed by atoms with van der Waals surface area (Å²) in [4.78, 5) is 0. The molecular weight excluding hydrogens is 1620 g/mol. The van der Waals surface area contributed by atoms with Crippen molar-refractivity contribution in [1.29, 1.82) is 0 Å². The maximum Gasteiger partial charge on any atom is 0.121 e. The van der Waals surface area contributed by atoms with Gasteiger partial charge in [0.1, 0.15) is 86.2 Å². The molecule has 15 heteroatoms. The third kappa shape index (κ3) is 26.3. The molecule has 0 unspecified atom stereocenters. The molecule has 0 heterocycles. The lowest BCUT2D eigenvalue weighted by Crippen LogP contribution is -2.32. The van der Waals surface area contributed by atoms with Crippen LogP contribution in [0.2, 0.25) is 0 Å². The van der Waals surface area contributed by atoms with E-state index in [-0.39, 0.29) is 40.4 Å². The van der Waals surface area contributed by atoms with Gasteiger partial charge in [0.15, 0.2) is 0 Å². The largest absolute Gasteiger partial charge is 0.508 e. The van der Waals surface area contributed by atoms with Crippen LogP contribution in [0.5, 0.6) is 86.2 Å². The van der Waals surface area contributed by atoms with Crippen LogP contribution in [0.15, 0.2) is 382 Å². The van der Waals surface area contributed by atoms with E-state index >= 15 is 0 Å². The van der Waals surface area contributed by atoms with Gasteiger partial charge in [-0.2, -0.15) is 0 Å². The van der Waals surface area contributed by atoms with E-state index in [1.807, 2.05) is 109 Å². The molecule has 0 aromatic heterocycles. The van der Waals surface area contributed by atoms with E-state index in [0.717, 1.165) is 139 Å². The molecule has 0 spiro atoms. The highest BCUT2D eigenvalue weighted by Gasteiger charge is 2.41. The molecule has 0 radical (unpaired) electrons. The van der Waals surface area contributed by atoms with Crippen molar-refractivity contribution in [3.8, 4) is 86.2 Å². The van der Waals surface area contributed by atoms with E-state index in [4.69, 9.17) is 30.6 Å². The first-order valence-corrected chi connectivity index (χ1v) is 43.4. The van der Waals surface area contributed by atoms with Crippen LogP contribution in [0, 0.1) is 0 Å². The fourth-order valence-corrected chi connectivity index (χ4v) is 15.4. The highest BCUT2D eigenvalue weighted by molar-refractivity contribution is 5.63. The van der Waals surface area contributed by atoms with Gasteiger partial charge in [0.05, 0.1) is 0 Å². The van der Waals surface area contributed by atoms with Crippen molar-refractivity contribution in [3.63, 3.8) is 0 Å². The molecule has 0 aliphatic carbocycles. The van der Waals surface area contributed by atoms with Gasteiger partial charge >= 0.3 is 0 Å². The van der Waals surface area contributed by atoms with Gasteiger partial charge < -0.3 is 76.6 Å². The summed E-state index contributed by atoms with van der Waals surface area (Å²) in [6.45, 7) is 18.8. The number of benzene rings is 16. The zero-order valence-corrected chi connectivity index (χ0v) is 74.9. The SMILES string of the molecule is CC(c1ccc(O)cc1)(c1ccc(O)cc1)c1cc(C(C)(c2ccc(O)cc2)c2ccc(O)cc2)cc(C(C)(c2ccc(O)cc2)c2ccc(O)cc2)c1.CCc1cc(C(c2cc(CC)c(O)c(CC)c2)c2cc(CC)c(O)c(CC)c2)cc(CC)c1O.Oc1ccccc1.Oc1ccccc1.Oc1ccccc1.Oc1ccccc1.Oc1ccccc1.Oc1ccccc1.